The van der Waals surface area contributed by atoms with Crippen LogP contribution in [0.2, 0.25) is 0 Å². The Balaban J connectivity index is 2.24. The van der Waals surface area contributed by atoms with Gasteiger partial charge in [0.2, 0.25) is 0 Å². The van der Waals surface area contributed by atoms with E-state index in [0.717, 1.165) is 10.0 Å². The van der Waals surface area contributed by atoms with Crippen molar-refractivity contribution < 1.29 is 9.53 Å². The first-order chi connectivity index (χ1) is 8.20. The molecule has 1 heterocycles. The summed E-state index contributed by atoms with van der Waals surface area (Å²) in [6.45, 7) is 0. The van der Waals surface area contributed by atoms with Crippen molar-refractivity contribution in [2.24, 2.45) is 0 Å². The quantitative estimate of drug-likeness (QED) is 0.799. The fourth-order valence-electron chi connectivity index (χ4n) is 1.52. The maximum atomic E-state index is 12.1. The molecule has 0 atom stereocenters. The average molecular weight is 311 g/mol. The minimum atomic E-state index is 0.0918. The minimum Gasteiger partial charge on any atom is -0.497 e. The predicted molar refractivity (Wildman–Crippen MR) is 73.0 cm³/mol. The van der Waals surface area contributed by atoms with Crippen molar-refractivity contribution in [2.45, 2.75) is 6.42 Å². The average Bonchev–Trinajstić information content (AvgIpc) is 2.82. The van der Waals surface area contributed by atoms with Gasteiger partial charge in [0.15, 0.2) is 5.78 Å². The standard InChI is InChI=1S/C13H11BrO2S/c1-16-10-2-3-12(14)11(7-10)13(15)6-9-4-5-17-8-9/h2-5,7-8H,6H2,1H3. The molecule has 17 heavy (non-hydrogen) atoms. The van der Waals surface area contributed by atoms with Crippen LogP contribution in [0.15, 0.2) is 39.5 Å². The van der Waals surface area contributed by atoms with E-state index in [1.165, 1.54) is 0 Å². The molecular weight excluding hydrogens is 300 g/mol. The second kappa shape index (κ2) is 5.47. The molecule has 1 aromatic carbocycles. The van der Waals surface area contributed by atoms with Crippen LogP contribution in [0.25, 0.3) is 0 Å². The molecule has 88 valence electrons. The zero-order valence-electron chi connectivity index (χ0n) is 9.27. The van der Waals surface area contributed by atoms with Gasteiger partial charge in [0.1, 0.15) is 5.75 Å². The molecule has 2 aromatic rings. The molecule has 0 amide bonds. The van der Waals surface area contributed by atoms with Crippen LogP contribution in [0.4, 0.5) is 0 Å². The van der Waals surface area contributed by atoms with Crippen LogP contribution in [0, 0.1) is 0 Å². The minimum absolute atomic E-state index is 0.0918. The van der Waals surface area contributed by atoms with Crippen molar-refractivity contribution in [3.8, 4) is 5.75 Å². The number of ketones is 1. The highest BCUT2D eigenvalue weighted by Gasteiger charge is 2.12. The number of ether oxygens (including phenoxy) is 1. The Labute approximate surface area is 112 Å². The van der Waals surface area contributed by atoms with Crippen molar-refractivity contribution in [1.29, 1.82) is 0 Å². The van der Waals surface area contributed by atoms with E-state index in [9.17, 15) is 4.79 Å². The Morgan fingerprint density at radius 2 is 2.24 bits per heavy atom. The van der Waals surface area contributed by atoms with Crippen LogP contribution in [0.3, 0.4) is 0 Å². The molecule has 2 rings (SSSR count). The number of halogens is 1. The molecule has 0 saturated carbocycles. The highest BCUT2D eigenvalue weighted by molar-refractivity contribution is 9.10. The summed E-state index contributed by atoms with van der Waals surface area (Å²) in [5, 5.41) is 3.97. The molecule has 0 aliphatic heterocycles. The van der Waals surface area contributed by atoms with Crippen molar-refractivity contribution in [3.05, 3.63) is 50.6 Å². The van der Waals surface area contributed by atoms with Crippen LogP contribution in [0.1, 0.15) is 15.9 Å². The summed E-state index contributed by atoms with van der Waals surface area (Å²) < 4.78 is 5.93. The SMILES string of the molecule is COc1ccc(Br)c(C(=O)Cc2ccsc2)c1. The van der Waals surface area contributed by atoms with Gasteiger partial charge in [-0.15, -0.1) is 0 Å². The van der Waals surface area contributed by atoms with Crippen LogP contribution in [-0.2, 0) is 6.42 Å². The zero-order valence-corrected chi connectivity index (χ0v) is 11.7. The number of rotatable bonds is 4. The number of thiophene rings is 1. The van der Waals surface area contributed by atoms with E-state index in [4.69, 9.17) is 4.74 Å². The van der Waals surface area contributed by atoms with Crippen LogP contribution >= 0.6 is 27.3 Å². The lowest BCUT2D eigenvalue weighted by Gasteiger charge is -2.06. The first-order valence-corrected chi connectivity index (χ1v) is 6.82. The molecule has 0 bridgehead atoms. The van der Waals surface area contributed by atoms with Crippen molar-refractivity contribution in [1.82, 2.24) is 0 Å². The number of hydrogen-bond acceptors (Lipinski definition) is 3. The molecule has 2 nitrogen and oxygen atoms in total. The molecule has 4 heteroatoms. The summed E-state index contributed by atoms with van der Waals surface area (Å²) in [5.74, 6) is 0.788. The van der Waals surface area contributed by atoms with E-state index in [0.29, 0.717) is 17.7 Å². The molecule has 0 fully saturated rings. The van der Waals surface area contributed by atoms with Crippen molar-refractivity contribution in [3.63, 3.8) is 0 Å². The molecule has 0 radical (unpaired) electrons. The first kappa shape index (κ1) is 12.3. The van der Waals surface area contributed by atoms with Gasteiger partial charge in [-0.05, 0) is 40.6 Å². The van der Waals surface area contributed by atoms with Gasteiger partial charge in [0.25, 0.3) is 0 Å². The Bertz CT molecular complexity index is 520. The fraction of sp³-hybridized carbons (Fsp3) is 0.154. The molecule has 1 aromatic heterocycles. The highest BCUT2D eigenvalue weighted by atomic mass is 79.9. The Hall–Kier alpha value is -1.13. The van der Waals surface area contributed by atoms with Gasteiger partial charge in [0.05, 0.1) is 7.11 Å². The van der Waals surface area contributed by atoms with E-state index in [1.807, 2.05) is 29.0 Å². The van der Waals surface area contributed by atoms with Crippen LogP contribution in [-0.4, -0.2) is 12.9 Å². The second-order valence-electron chi connectivity index (χ2n) is 3.58. The maximum Gasteiger partial charge on any atom is 0.168 e. The lowest BCUT2D eigenvalue weighted by molar-refractivity contribution is 0.0992. The molecule has 0 aliphatic rings. The molecule has 0 N–H and O–H groups in total. The van der Waals surface area contributed by atoms with E-state index in [1.54, 1.807) is 24.5 Å². The third kappa shape index (κ3) is 2.96. The van der Waals surface area contributed by atoms with Gasteiger partial charge >= 0.3 is 0 Å². The molecule has 0 aliphatic carbocycles. The zero-order chi connectivity index (χ0) is 12.3. The van der Waals surface area contributed by atoms with Crippen molar-refractivity contribution >= 4 is 33.0 Å². The van der Waals surface area contributed by atoms with Crippen LogP contribution in [0.5, 0.6) is 5.75 Å². The first-order valence-electron chi connectivity index (χ1n) is 5.08. The Kier molecular flexibility index (Phi) is 3.97. The number of benzene rings is 1. The van der Waals surface area contributed by atoms with Gasteiger partial charge in [-0.3, -0.25) is 4.79 Å². The van der Waals surface area contributed by atoms with Gasteiger partial charge in [0, 0.05) is 16.5 Å². The number of carbonyl (C=O) groups excluding carboxylic acids is 1. The van der Waals surface area contributed by atoms with Crippen LogP contribution < -0.4 is 4.74 Å². The highest BCUT2D eigenvalue weighted by Crippen LogP contribution is 2.24. The summed E-state index contributed by atoms with van der Waals surface area (Å²) in [7, 11) is 1.59. The van der Waals surface area contributed by atoms with E-state index >= 15 is 0 Å². The smallest absolute Gasteiger partial charge is 0.168 e. The Morgan fingerprint density at radius 1 is 1.41 bits per heavy atom. The van der Waals surface area contributed by atoms with E-state index in [-0.39, 0.29) is 5.78 Å². The summed E-state index contributed by atoms with van der Waals surface area (Å²) in [6.07, 6.45) is 0.426. The number of hydrogen-bond donors (Lipinski definition) is 0. The van der Waals surface area contributed by atoms with Gasteiger partial charge in [-0.1, -0.05) is 15.9 Å². The van der Waals surface area contributed by atoms with Gasteiger partial charge < -0.3 is 4.74 Å². The molecular formula is C13H11BrO2S. The lowest BCUT2D eigenvalue weighted by atomic mass is 10.1. The van der Waals surface area contributed by atoms with E-state index < -0.39 is 0 Å². The summed E-state index contributed by atoms with van der Waals surface area (Å²) in [4.78, 5) is 12.1. The monoisotopic (exact) mass is 310 g/mol. The topological polar surface area (TPSA) is 26.3 Å². The number of methoxy groups -OCH3 is 1. The summed E-state index contributed by atoms with van der Waals surface area (Å²) >= 11 is 4.99. The summed E-state index contributed by atoms with van der Waals surface area (Å²) in [5.41, 5.74) is 1.71. The maximum absolute atomic E-state index is 12.1. The third-order valence-electron chi connectivity index (χ3n) is 2.42. The van der Waals surface area contributed by atoms with Gasteiger partial charge in [-0.25, -0.2) is 0 Å². The molecule has 0 spiro atoms. The normalized spacial score (nSPS) is 10.2. The summed E-state index contributed by atoms with van der Waals surface area (Å²) in [6, 6.07) is 7.39. The van der Waals surface area contributed by atoms with E-state index in [2.05, 4.69) is 15.9 Å². The van der Waals surface area contributed by atoms with Gasteiger partial charge in [-0.2, -0.15) is 11.3 Å². The third-order valence-corrected chi connectivity index (χ3v) is 3.84. The number of carbonyl (C=O) groups is 1. The number of Topliss-reactive ketones (excluding diaryl/α,β-unsaturated/α-hetero) is 1. The Morgan fingerprint density at radius 3 is 2.88 bits per heavy atom. The second-order valence-corrected chi connectivity index (χ2v) is 5.21. The molecule has 0 unspecified atom stereocenters. The lowest BCUT2D eigenvalue weighted by Crippen LogP contribution is -2.04. The predicted octanol–water partition coefficient (Wildman–Crippen LogP) is 3.94. The fourth-order valence-corrected chi connectivity index (χ4v) is 2.66. The van der Waals surface area contributed by atoms with Crippen molar-refractivity contribution in [2.75, 3.05) is 7.11 Å². The largest absolute Gasteiger partial charge is 0.497 e. The molecule has 0 saturated heterocycles.